The maximum absolute atomic E-state index is 9.97. The maximum Gasteiger partial charge on any atom is 0.303 e. The van der Waals surface area contributed by atoms with Crippen molar-refractivity contribution in [1.29, 1.82) is 0 Å². The van der Waals surface area contributed by atoms with Crippen LogP contribution in [0.1, 0.15) is 32.1 Å². The molecule has 0 unspecified atom stereocenters. The number of hydrogen-bond donors (Lipinski definition) is 1. The molecule has 10 heavy (non-hydrogen) atoms. The molecule has 1 radical (unpaired) electrons. The number of unbranched alkanes of at least 4 members (excludes halogenated alkanes) is 3. The molecule has 0 aromatic carbocycles. The molecule has 0 saturated heterocycles. The molecule has 0 rings (SSSR count). The number of carboxylic acids is 1. The van der Waals surface area contributed by atoms with Crippen molar-refractivity contribution in [2.75, 3.05) is 6.61 Å². The SMILES string of the molecule is [O]CCCCCCC(=O)O. The van der Waals surface area contributed by atoms with Gasteiger partial charge in [-0.1, -0.05) is 12.8 Å². The third kappa shape index (κ3) is 7.43. The zero-order valence-electron chi connectivity index (χ0n) is 6.01. The van der Waals surface area contributed by atoms with E-state index in [0.717, 1.165) is 12.8 Å². The Morgan fingerprint density at radius 1 is 1.10 bits per heavy atom. The van der Waals surface area contributed by atoms with Crippen molar-refractivity contribution in [2.45, 2.75) is 32.1 Å². The van der Waals surface area contributed by atoms with E-state index in [-0.39, 0.29) is 13.0 Å². The van der Waals surface area contributed by atoms with Gasteiger partial charge in [-0.05, 0) is 12.8 Å². The van der Waals surface area contributed by atoms with Gasteiger partial charge in [0.05, 0.1) is 6.61 Å². The molecule has 0 aliphatic heterocycles. The summed E-state index contributed by atoms with van der Waals surface area (Å²) in [7, 11) is 0. The molecule has 0 spiro atoms. The van der Waals surface area contributed by atoms with Crippen LogP contribution >= 0.6 is 0 Å². The van der Waals surface area contributed by atoms with Gasteiger partial charge in [0.1, 0.15) is 0 Å². The Hall–Kier alpha value is -0.570. The van der Waals surface area contributed by atoms with Crippen molar-refractivity contribution in [1.82, 2.24) is 0 Å². The summed E-state index contributed by atoms with van der Waals surface area (Å²) < 4.78 is 0. The van der Waals surface area contributed by atoms with Gasteiger partial charge in [-0.25, -0.2) is 5.11 Å². The Morgan fingerprint density at radius 3 is 2.20 bits per heavy atom. The zero-order chi connectivity index (χ0) is 7.82. The van der Waals surface area contributed by atoms with Crippen LogP contribution in [0.5, 0.6) is 0 Å². The number of aliphatic carboxylic acids is 1. The van der Waals surface area contributed by atoms with Crippen LogP contribution < -0.4 is 0 Å². The second-order valence-electron chi connectivity index (χ2n) is 2.26. The molecule has 1 N–H and O–H groups in total. The van der Waals surface area contributed by atoms with E-state index < -0.39 is 5.97 Å². The summed E-state index contributed by atoms with van der Waals surface area (Å²) in [6, 6.07) is 0. The van der Waals surface area contributed by atoms with Crippen LogP contribution in [-0.2, 0) is 9.90 Å². The fourth-order valence-corrected chi connectivity index (χ4v) is 0.732. The number of hydrogen-bond acceptors (Lipinski definition) is 1. The van der Waals surface area contributed by atoms with Crippen LogP contribution in [0.15, 0.2) is 0 Å². The molecule has 0 atom stereocenters. The molecule has 59 valence electrons. The van der Waals surface area contributed by atoms with E-state index >= 15 is 0 Å². The molecular weight excluding hydrogens is 132 g/mol. The minimum Gasteiger partial charge on any atom is -0.481 e. The van der Waals surface area contributed by atoms with Gasteiger partial charge in [0.25, 0.3) is 0 Å². The molecule has 0 aliphatic carbocycles. The Labute approximate surface area is 60.7 Å². The molecule has 0 bridgehead atoms. The smallest absolute Gasteiger partial charge is 0.303 e. The predicted octanol–water partition coefficient (Wildman–Crippen LogP) is 1.45. The van der Waals surface area contributed by atoms with Crippen LogP contribution in [0, 0.1) is 0 Å². The van der Waals surface area contributed by atoms with Gasteiger partial charge in [0.15, 0.2) is 0 Å². The third-order valence-electron chi connectivity index (χ3n) is 1.28. The summed E-state index contributed by atoms with van der Waals surface area (Å²) in [5, 5.41) is 18.1. The van der Waals surface area contributed by atoms with Crippen LogP contribution in [0.3, 0.4) is 0 Å². The van der Waals surface area contributed by atoms with Gasteiger partial charge < -0.3 is 5.11 Å². The minimum atomic E-state index is -0.748. The van der Waals surface area contributed by atoms with Gasteiger partial charge >= 0.3 is 5.97 Å². The van der Waals surface area contributed by atoms with Gasteiger partial charge in [-0.3, -0.25) is 4.79 Å². The second-order valence-corrected chi connectivity index (χ2v) is 2.26. The minimum absolute atomic E-state index is 0.0347. The van der Waals surface area contributed by atoms with Crippen LogP contribution in [-0.4, -0.2) is 17.7 Å². The summed E-state index contributed by atoms with van der Waals surface area (Å²) in [6.45, 7) is -0.0347. The maximum atomic E-state index is 9.97. The Balaban J connectivity index is 2.84. The number of carbonyl (C=O) groups is 1. The first kappa shape index (κ1) is 9.43. The van der Waals surface area contributed by atoms with Crippen LogP contribution in [0.4, 0.5) is 0 Å². The number of rotatable bonds is 6. The van der Waals surface area contributed by atoms with Gasteiger partial charge in [0, 0.05) is 6.42 Å². The lowest BCUT2D eigenvalue weighted by Gasteiger charge is -1.94. The van der Waals surface area contributed by atoms with E-state index in [9.17, 15) is 9.90 Å². The fourth-order valence-electron chi connectivity index (χ4n) is 0.732. The monoisotopic (exact) mass is 145 g/mol. The van der Waals surface area contributed by atoms with Gasteiger partial charge in [-0.15, -0.1) is 0 Å². The highest BCUT2D eigenvalue weighted by Crippen LogP contribution is 2.01. The first-order valence-corrected chi connectivity index (χ1v) is 3.57. The summed E-state index contributed by atoms with van der Waals surface area (Å²) in [5.74, 6) is -0.748. The topological polar surface area (TPSA) is 57.2 Å². The highest BCUT2D eigenvalue weighted by molar-refractivity contribution is 5.66. The van der Waals surface area contributed by atoms with Crippen LogP contribution in [0.25, 0.3) is 0 Å². The molecule has 0 amide bonds. The quantitative estimate of drug-likeness (QED) is 0.575. The molecule has 3 nitrogen and oxygen atoms in total. The van der Waals surface area contributed by atoms with Crippen molar-refractivity contribution >= 4 is 5.97 Å². The standard InChI is InChI=1S/C7H13O3/c8-6-4-2-1-3-5-7(9)10/h1-6H2,(H,9,10). The van der Waals surface area contributed by atoms with E-state index in [1.165, 1.54) is 0 Å². The molecular formula is C7H13O3. The normalized spacial score (nSPS) is 9.70. The highest BCUT2D eigenvalue weighted by atomic mass is 16.4. The number of carboxylic acid groups (broad SMARTS) is 1. The molecule has 3 heteroatoms. The summed E-state index contributed by atoms with van der Waals surface area (Å²) in [5.41, 5.74) is 0. The molecule has 0 saturated carbocycles. The van der Waals surface area contributed by atoms with Crippen molar-refractivity contribution in [3.63, 3.8) is 0 Å². The Kier molecular flexibility index (Phi) is 6.18. The summed E-state index contributed by atoms with van der Waals surface area (Å²) in [6.07, 6.45) is 3.36. The van der Waals surface area contributed by atoms with E-state index in [2.05, 4.69) is 0 Å². The van der Waals surface area contributed by atoms with Crippen molar-refractivity contribution in [3.8, 4) is 0 Å². The van der Waals surface area contributed by atoms with E-state index in [4.69, 9.17) is 5.11 Å². The van der Waals surface area contributed by atoms with E-state index in [1.54, 1.807) is 0 Å². The van der Waals surface area contributed by atoms with E-state index in [1.807, 2.05) is 0 Å². The van der Waals surface area contributed by atoms with Gasteiger partial charge in [0.2, 0.25) is 0 Å². The molecule has 0 fully saturated rings. The largest absolute Gasteiger partial charge is 0.481 e. The lowest BCUT2D eigenvalue weighted by molar-refractivity contribution is -0.137. The van der Waals surface area contributed by atoms with Crippen molar-refractivity contribution < 1.29 is 15.0 Å². The van der Waals surface area contributed by atoms with Crippen molar-refractivity contribution in [2.24, 2.45) is 0 Å². The fraction of sp³-hybridized carbons (Fsp3) is 0.857. The first-order chi connectivity index (χ1) is 4.77. The first-order valence-electron chi connectivity index (χ1n) is 3.57. The second kappa shape index (κ2) is 6.55. The third-order valence-corrected chi connectivity index (χ3v) is 1.28. The Morgan fingerprint density at radius 2 is 1.70 bits per heavy atom. The van der Waals surface area contributed by atoms with Crippen molar-refractivity contribution in [3.05, 3.63) is 0 Å². The van der Waals surface area contributed by atoms with Gasteiger partial charge in [-0.2, -0.15) is 0 Å². The molecule has 0 aromatic heterocycles. The predicted molar refractivity (Wildman–Crippen MR) is 36.3 cm³/mol. The highest BCUT2D eigenvalue weighted by Gasteiger charge is 1.95. The molecule has 0 aliphatic rings. The lowest BCUT2D eigenvalue weighted by atomic mass is 10.1. The van der Waals surface area contributed by atoms with Crippen LogP contribution in [0.2, 0.25) is 0 Å². The zero-order valence-corrected chi connectivity index (χ0v) is 6.01. The average molecular weight is 145 g/mol. The molecule has 0 heterocycles. The molecule has 0 aromatic rings. The summed E-state index contributed by atoms with van der Waals surface area (Å²) in [4.78, 5) is 9.97. The van der Waals surface area contributed by atoms with E-state index in [0.29, 0.717) is 12.8 Å². The lowest BCUT2D eigenvalue weighted by Crippen LogP contribution is -1.93. The Bertz CT molecular complexity index is 90.9. The average Bonchev–Trinajstić information content (AvgIpc) is 1.87. The summed E-state index contributed by atoms with van der Waals surface area (Å²) >= 11 is 0.